The average molecular weight is 301 g/mol. The Hall–Kier alpha value is -1.51. The summed E-state index contributed by atoms with van der Waals surface area (Å²) in [6.45, 7) is 6.13. The van der Waals surface area contributed by atoms with Gasteiger partial charge in [0.05, 0.1) is 0 Å². The second-order valence-corrected chi connectivity index (χ2v) is 7.24. The second kappa shape index (κ2) is 6.31. The highest BCUT2D eigenvalue weighted by molar-refractivity contribution is 5.81. The molecule has 1 aromatic rings. The molecule has 1 aromatic carbocycles. The lowest BCUT2D eigenvalue weighted by atomic mass is 9.95. The molecule has 1 amide bonds. The average Bonchev–Trinajstić information content (AvgIpc) is 3.10. The molecule has 0 saturated heterocycles. The summed E-state index contributed by atoms with van der Waals surface area (Å²) in [6, 6.07) is 8.37. The van der Waals surface area contributed by atoms with Crippen LogP contribution < -0.4 is 10.1 Å². The number of nitrogens with one attached hydrogen (secondary N) is 1. The fourth-order valence-corrected chi connectivity index (χ4v) is 4.03. The summed E-state index contributed by atoms with van der Waals surface area (Å²) in [5.74, 6) is 2.78. The van der Waals surface area contributed by atoms with Crippen LogP contribution in [0.1, 0.15) is 57.9 Å². The zero-order valence-electron chi connectivity index (χ0n) is 13.8. The smallest absolute Gasteiger partial charge is 0.261 e. The highest BCUT2D eigenvalue weighted by Gasteiger charge is 2.40. The number of rotatable bonds is 5. The fraction of sp³-hybridized carbons (Fsp3) is 0.632. The largest absolute Gasteiger partial charge is 0.481 e. The number of carbonyl (C=O) groups is 1. The van der Waals surface area contributed by atoms with E-state index in [1.807, 2.05) is 25.1 Å². The van der Waals surface area contributed by atoms with Crippen molar-refractivity contribution in [2.24, 2.45) is 11.8 Å². The third-order valence-corrected chi connectivity index (χ3v) is 5.28. The molecule has 0 heterocycles. The third kappa shape index (κ3) is 3.13. The maximum atomic E-state index is 12.4. The van der Waals surface area contributed by atoms with Crippen molar-refractivity contribution in [2.45, 2.75) is 64.5 Å². The second-order valence-electron chi connectivity index (χ2n) is 7.24. The van der Waals surface area contributed by atoms with Gasteiger partial charge in [-0.3, -0.25) is 4.79 Å². The number of para-hydroxylation sites is 1. The summed E-state index contributed by atoms with van der Waals surface area (Å²) >= 11 is 0. The zero-order valence-corrected chi connectivity index (χ0v) is 13.8. The summed E-state index contributed by atoms with van der Waals surface area (Å²) in [7, 11) is 0. The van der Waals surface area contributed by atoms with Crippen molar-refractivity contribution in [3.05, 3.63) is 29.8 Å². The summed E-state index contributed by atoms with van der Waals surface area (Å²) in [6.07, 6.45) is 4.65. The van der Waals surface area contributed by atoms with Crippen LogP contribution in [0.2, 0.25) is 0 Å². The number of ether oxygens (including phenoxy) is 1. The number of fused-ring (bicyclic) bond motifs is 2. The van der Waals surface area contributed by atoms with Crippen LogP contribution >= 0.6 is 0 Å². The molecule has 2 fully saturated rings. The van der Waals surface area contributed by atoms with Crippen LogP contribution in [0.25, 0.3) is 0 Å². The van der Waals surface area contributed by atoms with Crippen LogP contribution in [-0.2, 0) is 4.79 Å². The van der Waals surface area contributed by atoms with E-state index in [1.54, 1.807) is 0 Å². The Labute approximate surface area is 133 Å². The molecule has 0 unspecified atom stereocenters. The molecule has 120 valence electrons. The van der Waals surface area contributed by atoms with E-state index < -0.39 is 6.10 Å². The van der Waals surface area contributed by atoms with Gasteiger partial charge in [-0.25, -0.2) is 0 Å². The minimum absolute atomic E-state index is 0.0242. The molecule has 0 spiro atoms. The summed E-state index contributed by atoms with van der Waals surface area (Å²) in [4.78, 5) is 12.4. The molecular weight excluding hydrogens is 274 g/mol. The van der Waals surface area contributed by atoms with E-state index in [0.717, 1.165) is 23.7 Å². The summed E-state index contributed by atoms with van der Waals surface area (Å²) in [5.41, 5.74) is 1.15. The van der Waals surface area contributed by atoms with Gasteiger partial charge >= 0.3 is 0 Å². The van der Waals surface area contributed by atoms with E-state index in [4.69, 9.17) is 4.74 Å². The monoisotopic (exact) mass is 301 g/mol. The van der Waals surface area contributed by atoms with Gasteiger partial charge in [0.15, 0.2) is 6.10 Å². The Kier molecular flexibility index (Phi) is 4.42. The molecule has 0 aromatic heterocycles. The molecule has 0 radical (unpaired) electrons. The van der Waals surface area contributed by atoms with Gasteiger partial charge in [-0.1, -0.05) is 38.5 Å². The standard InChI is InChI=1S/C19H27NO2/c1-12(2)16-6-4-5-7-18(16)22-13(3)19(21)20-17-11-14-8-9-15(17)10-14/h4-7,12-15,17H,8-11H2,1-3H3,(H,20,21)/t13-,14-,15-,17-/m0/s1. The molecule has 2 aliphatic carbocycles. The predicted octanol–water partition coefficient (Wildman–Crippen LogP) is 3.88. The van der Waals surface area contributed by atoms with Gasteiger partial charge < -0.3 is 10.1 Å². The molecule has 2 aliphatic rings. The molecule has 3 nitrogen and oxygen atoms in total. The topological polar surface area (TPSA) is 38.3 Å². The van der Waals surface area contributed by atoms with Crippen molar-refractivity contribution in [1.29, 1.82) is 0 Å². The van der Waals surface area contributed by atoms with Crippen LogP contribution in [0.4, 0.5) is 0 Å². The van der Waals surface area contributed by atoms with Gasteiger partial charge in [0.2, 0.25) is 0 Å². The first kappa shape index (κ1) is 15.4. The lowest BCUT2D eigenvalue weighted by Gasteiger charge is -2.25. The first-order valence-corrected chi connectivity index (χ1v) is 8.60. The first-order chi connectivity index (χ1) is 10.5. The van der Waals surface area contributed by atoms with E-state index in [9.17, 15) is 4.79 Å². The predicted molar refractivity (Wildman–Crippen MR) is 88.0 cm³/mol. The Morgan fingerprint density at radius 2 is 1.95 bits per heavy atom. The Morgan fingerprint density at radius 3 is 2.59 bits per heavy atom. The molecule has 2 saturated carbocycles. The maximum Gasteiger partial charge on any atom is 0.261 e. The van der Waals surface area contributed by atoms with Gasteiger partial charge in [0.25, 0.3) is 5.91 Å². The van der Waals surface area contributed by atoms with Crippen molar-refractivity contribution in [2.75, 3.05) is 0 Å². The number of hydrogen-bond donors (Lipinski definition) is 1. The quantitative estimate of drug-likeness (QED) is 0.896. The molecule has 22 heavy (non-hydrogen) atoms. The Bertz CT molecular complexity index is 540. The van der Waals surface area contributed by atoms with Gasteiger partial charge in [-0.2, -0.15) is 0 Å². The number of amides is 1. The molecule has 1 N–H and O–H groups in total. The molecule has 0 aliphatic heterocycles. The van der Waals surface area contributed by atoms with Crippen molar-refractivity contribution >= 4 is 5.91 Å². The van der Waals surface area contributed by atoms with Gasteiger partial charge in [0, 0.05) is 6.04 Å². The van der Waals surface area contributed by atoms with Crippen molar-refractivity contribution in [3.63, 3.8) is 0 Å². The SMILES string of the molecule is CC(C)c1ccccc1O[C@@H](C)C(=O)N[C@H]1C[C@H]2CC[C@H]1C2. The Morgan fingerprint density at radius 1 is 1.18 bits per heavy atom. The van der Waals surface area contributed by atoms with E-state index in [1.165, 1.54) is 19.3 Å². The van der Waals surface area contributed by atoms with Crippen LogP contribution in [0.5, 0.6) is 5.75 Å². The molecular formula is C19H27NO2. The number of hydrogen-bond acceptors (Lipinski definition) is 2. The number of carbonyl (C=O) groups excluding carboxylic acids is 1. The molecule has 2 bridgehead atoms. The fourth-order valence-electron chi connectivity index (χ4n) is 4.03. The van der Waals surface area contributed by atoms with E-state index in [-0.39, 0.29) is 5.91 Å². The lowest BCUT2D eigenvalue weighted by molar-refractivity contribution is -0.128. The van der Waals surface area contributed by atoms with E-state index >= 15 is 0 Å². The minimum atomic E-state index is -0.445. The minimum Gasteiger partial charge on any atom is -0.481 e. The lowest BCUT2D eigenvalue weighted by Crippen LogP contribution is -2.44. The molecule has 3 heteroatoms. The van der Waals surface area contributed by atoms with Gasteiger partial charge in [-0.05, 0) is 55.6 Å². The van der Waals surface area contributed by atoms with Crippen molar-refractivity contribution in [3.8, 4) is 5.75 Å². The highest BCUT2D eigenvalue weighted by atomic mass is 16.5. The van der Waals surface area contributed by atoms with Crippen LogP contribution in [0, 0.1) is 11.8 Å². The van der Waals surface area contributed by atoms with Crippen LogP contribution in [-0.4, -0.2) is 18.1 Å². The Balaban J connectivity index is 1.60. The van der Waals surface area contributed by atoms with Crippen molar-refractivity contribution in [1.82, 2.24) is 5.32 Å². The first-order valence-electron chi connectivity index (χ1n) is 8.60. The maximum absolute atomic E-state index is 12.4. The number of benzene rings is 1. The zero-order chi connectivity index (χ0) is 15.7. The normalized spacial score (nSPS) is 27.9. The van der Waals surface area contributed by atoms with Crippen LogP contribution in [0.3, 0.4) is 0 Å². The summed E-state index contributed by atoms with van der Waals surface area (Å²) in [5, 5.41) is 3.22. The summed E-state index contributed by atoms with van der Waals surface area (Å²) < 4.78 is 5.95. The molecule has 3 rings (SSSR count). The van der Waals surface area contributed by atoms with E-state index in [2.05, 4.69) is 25.2 Å². The third-order valence-electron chi connectivity index (χ3n) is 5.28. The highest BCUT2D eigenvalue weighted by Crippen LogP contribution is 2.44. The van der Waals surface area contributed by atoms with E-state index in [0.29, 0.717) is 17.9 Å². The van der Waals surface area contributed by atoms with Crippen molar-refractivity contribution < 1.29 is 9.53 Å². The molecule has 4 atom stereocenters. The van der Waals surface area contributed by atoms with Gasteiger partial charge in [-0.15, -0.1) is 0 Å². The van der Waals surface area contributed by atoms with Crippen LogP contribution in [0.15, 0.2) is 24.3 Å². The van der Waals surface area contributed by atoms with Gasteiger partial charge in [0.1, 0.15) is 5.75 Å².